The molecular weight excluding hydrogens is 327 g/mol. The van der Waals surface area contributed by atoms with Crippen molar-refractivity contribution >= 4 is 11.8 Å². The first kappa shape index (κ1) is 16.9. The average Bonchev–Trinajstić information content (AvgIpc) is 3.20. The minimum Gasteiger partial charge on any atom is -0.494 e. The first-order valence-electron chi connectivity index (χ1n) is 7.81. The van der Waals surface area contributed by atoms with Gasteiger partial charge < -0.3 is 15.4 Å². The molecular formula is C17H19FN4O3. The number of carbonyl (C=O) groups excluding carboxylic acids is 2. The van der Waals surface area contributed by atoms with E-state index in [4.69, 9.17) is 10.5 Å². The lowest BCUT2D eigenvalue weighted by Gasteiger charge is -2.16. The number of nitrogens with zero attached hydrogens (tertiary/aromatic N) is 3. The third kappa shape index (κ3) is 3.19. The molecule has 1 aromatic heterocycles. The van der Waals surface area contributed by atoms with Gasteiger partial charge in [-0.25, -0.2) is 4.39 Å². The molecule has 2 atom stereocenters. The zero-order valence-corrected chi connectivity index (χ0v) is 14.0. The lowest BCUT2D eigenvalue weighted by Crippen LogP contribution is -2.32. The zero-order valence-electron chi connectivity index (χ0n) is 14.0. The van der Waals surface area contributed by atoms with E-state index in [1.165, 1.54) is 24.1 Å². The van der Waals surface area contributed by atoms with E-state index in [9.17, 15) is 14.0 Å². The predicted octanol–water partition coefficient (Wildman–Crippen LogP) is 0.909. The van der Waals surface area contributed by atoms with Crippen LogP contribution in [0.5, 0.6) is 5.75 Å². The maximum atomic E-state index is 13.9. The Morgan fingerprint density at radius 3 is 2.68 bits per heavy atom. The second-order valence-electron chi connectivity index (χ2n) is 6.12. The molecule has 1 saturated heterocycles. The summed E-state index contributed by atoms with van der Waals surface area (Å²) in [5, 5.41) is 4.11. The van der Waals surface area contributed by atoms with Gasteiger partial charge in [-0.2, -0.15) is 5.10 Å². The summed E-state index contributed by atoms with van der Waals surface area (Å²) in [7, 11) is 3.14. The van der Waals surface area contributed by atoms with Crippen LogP contribution in [-0.4, -0.2) is 46.7 Å². The van der Waals surface area contributed by atoms with E-state index < -0.39 is 17.6 Å². The Hall–Kier alpha value is -2.90. The lowest BCUT2D eigenvalue weighted by molar-refractivity contribution is -0.121. The topological polar surface area (TPSA) is 90.4 Å². The number of likely N-dealkylation sites (tertiary alicyclic amines) is 1. The molecule has 2 aromatic rings. The highest BCUT2D eigenvalue weighted by Gasteiger charge is 2.40. The SMILES string of the molecule is COc1ccc(C(=O)N2C[C@H](C(N)=O)[C@@H](c3cnn(C)c3)C2)cc1F. The molecule has 0 bridgehead atoms. The smallest absolute Gasteiger partial charge is 0.254 e. The number of aryl methyl sites for hydroxylation is 1. The molecule has 2 N–H and O–H groups in total. The number of amides is 2. The van der Waals surface area contributed by atoms with E-state index >= 15 is 0 Å². The van der Waals surface area contributed by atoms with Crippen LogP contribution < -0.4 is 10.5 Å². The Kier molecular flexibility index (Phi) is 4.43. The Balaban J connectivity index is 1.84. The number of hydrogen-bond donors (Lipinski definition) is 1. The number of hydrogen-bond acceptors (Lipinski definition) is 4. The molecule has 1 aliphatic heterocycles. The molecule has 7 nitrogen and oxygen atoms in total. The molecule has 25 heavy (non-hydrogen) atoms. The van der Waals surface area contributed by atoms with Crippen molar-refractivity contribution in [2.45, 2.75) is 5.92 Å². The van der Waals surface area contributed by atoms with Gasteiger partial charge in [0.25, 0.3) is 5.91 Å². The average molecular weight is 346 g/mol. The number of methoxy groups -OCH3 is 1. The van der Waals surface area contributed by atoms with Gasteiger partial charge in [0, 0.05) is 37.8 Å². The van der Waals surface area contributed by atoms with Crippen molar-refractivity contribution in [3.05, 3.63) is 47.5 Å². The van der Waals surface area contributed by atoms with Crippen LogP contribution in [0.4, 0.5) is 4.39 Å². The van der Waals surface area contributed by atoms with Gasteiger partial charge in [-0.15, -0.1) is 0 Å². The molecule has 2 amide bonds. The lowest BCUT2D eigenvalue weighted by atomic mass is 9.90. The summed E-state index contributed by atoms with van der Waals surface area (Å²) >= 11 is 0. The van der Waals surface area contributed by atoms with Gasteiger partial charge >= 0.3 is 0 Å². The molecule has 2 heterocycles. The van der Waals surface area contributed by atoms with Crippen LogP contribution in [0.3, 0.4) is 0 Å². The van der Waals surface area contributed by atoms with Crippen LogP contribution in [0.1, 0.15) is 21.8 Å². The standard InChI is InChI=1S/C17H19FN4O3/c1-21-7-11(6-20-21)12-8-22(9-13(12)16(19)23)17(24)10-3-4-15(25-2)14(18)5-10/h3-7,12-13H,8-9H2,1-2H3,(H2,19,23)/t12-,13+/m1/s1. The molecule has 1 aromatic carbocycles. The number of ether oxygens (including phenoxy) is 1. The summed E-state index contributed by atoms with van der Waals surface area (Å²) in [5.74, 6) is -2.08. The fourth-order valence-corrected chi connectivity index (χ4v) is 3.21. The minimum atomic E-state index is -0.609. The number of halogens is 1. The summed E-state index contributed by atoms with van der Waals surface area (Å²) in [6, 6.07) is 4.04. The zero-order chi connectivity index (χ0) is 18.1. The van der Waals surface area contributed by atoms with E-state index in [0.717, 1.165) is 11.6 Å². The van der Waals surface area contributed by atoms with Crippen LogP contribution in [0.25, 0.3) is 0 Å². The van der Waals surface area contributed by atoms with Crippen molar-refractivity contribution in [3.63, 3.8) is 0 Å². The van der Waals surface area contributed by atoms with E-state index in [1.807, 2.05) is 6.20 Å². The fourth-order valence-electron chi connectivity index (χ4n) is 3.21. The third-order valence-electron chi connectivity index (χ3n) is 4.52. The van der Waals surface area contributed by atoms with Crippen molar-refractivity contribution in [1.82, 2.24) is 14.7 Å². The van der Waals surface area contributed by atoms with Crippen LogP contribution in [0.2, 0.25) is 0 Å². The molecule has 0 saturated carbocycles. The Bertz CT molecular complexity index is 820. The minimum absolute atomic E-state index is 0.0706. The molecule has 0 aliphatic carbocycles. The van der Waals surface area contributed by atoms with Gasteiger partial charge in [-0.3, -0.25) is 14.3 Å². The molecule has 0 radical (unpaired) electrons. The van der Waals surface area contributed by atoms with Crippen LogP contribution in [0, 0.1) is 11.7 Å². The largest absolute Gasteiger partial charge is 0.494 e. The summed E-state index contributed by atoms with van der Waals surface area (Å²) in [6.45, 7) is 0.521. The van der Waals surface area contributed by atoms with Crippen LogP contribution in [0.15, 0.2) is 30.6 Å². The van der Waals surface area contributed by atoms with E-state index in [0.29, 0.717) is 6.54 Å². The quantitative estimate of drug-likeness (QED) is 0.891. The van der Waals surface area contributed by atoms with Crippen LogP contribution >= 0.6 is 0 Å². The summed E-state index contributed by atoms with van der Waals surface area (Å²) in [4.78, 5) is 26.0. The highest BCUT2D eigenvalue weighted by molar-refractivity contribution is 5.95. The molecule has 8 heteroatoms. The van der Waals surface area contributed by atoms with Crippen molar-refractivity contribution in [1.29, 1.82) is 0 Å². The summed E-state index contributed by atoms with van der Waals surface area (Å²) in [5.41, 5.74) is 6.57. The maximum Gasteiger partial charge on any atom is 0.254 e. The molecule has 1 fully saturated rings. The van der Waals surface area contributed by atoms with Crippen molar-refractivity contribution in [3.8, 4) is 5.75 Å². The van der Waals surface area contributed by atoms with E-state index in [2.05, 4.69) is 5.10 Å². The van der Waals surface area contributed by atoms with Crippen molar-refractivity contribution in [2.24, 2.45) is 18.7 Å². The maximum absolute atomic E-state index is 13.9. The number of benzene rings is 1. The van der Waals surface area contributed by atoms with Crippen molar-refractivity contribution < 1.29 is 18.7 Å². The Morgan fingerprint density at radius 2 is 2.12 bits per heavy atom. The second kappa shape index (κ2) is 6.54. The van der Waals surface area contributed by atoms with Gasteiger partial charge in [-0.1, -0.05) is 0 Å². The number of carbonyl (C=O) groups is 2. The number of primary amides is 1. The number of rotatable bonds is 4. The van der Waals surface area contributed by atoms with Gasteiger partial charge in [0.05, 0.1) is 19.2 Å². The summed E-state index contributed by atoms with van der Waals surface area (Å²) < 4.78 is 20.4. The summed E-state index contributed by atoms with van der Waals surface area (Å²) in [6.07, 6.45) is 3.48. The van der Waals surface area contributed by atoms with Gasteiger partial charge in [0.15, 0.2) is 11.6 Å². The third-order valence-corrected chi connectivity index (χ3v) is 4.52. The Labute approximate surface area is 144 Å². The first-order chi connectivity index (χ1) is 11.9. The molecule has 3 rings (SSSR count). The van der Waals surface area contributed by atoms with E-state index in [1.54, 1.807) is 17.9 Å². The van der Waals surface area contributed by atoms with Crippen LogP contribution in [-0.2, 0) is 11.8 Å². The molecule has 1 aliphatic rings. The molecule has 0 unspecified atom stereocenters. The number of nitrogens with two attached hydrogens (primary N) is 1. The highest BCUT2D eigenvalue weighted by Crippen LogP contribution is 2.33. The van der Waals surface area contributed by atoms with Gasteiger partial charge in [0.1, 0.15) is 0 Å². The normalized spacial score (nSPS) is 19.9. The van der Waals surface area contributed by atoms with Crippen molar-refractivity contribution in [2.75, 3.05) is 20.2 Å². The first-order valence-corrected chi connectivity index (χ1v) is 7.81. The number of aromatic nitrogens is 2. The monoisotopic (exact) mass is 346 g/mol. The highest BCUT2D eigenvalue weighted by atomic mass is 19.1. The Morgan fingerprint density at radius 1 is 1.36 bits per heavy atom. The van der Waals surface area contributed by atoms with Gasteiger partial charge in [0.2, 0.25) is 5.91 Å². The second-order valence-corrected chi connectivity index (χ2v) is 6.12. The molecule has 0 spiro atoms. The fraction of sp³-hybridized carbons (Fsp3) is 0.353. The van der Waals surface area contributed by atoms with E-state index in [-0.39, 0.29) is 29.7 Å². The van der Waals surface area contributed by atoms with Gasteiger partial charge in [-0.05, 0) is 23.8 Å². The molecule has 132 valence electrons. The predicted molar refractivity (Wildman–Crippen MR) is 87.5 cm³/mol.